The van der Waals surface area contributed by atoms with Gasteiger partial charge in [-0.05, 0) is 30.7 Å². The molecule has 1 N–H and O–H groups in total. The standard InChI is InChI=1S/C11H9ClFNO3/c1-11(16,10(12)15)6-17-8-3-2-7(5-14)9(13)4-8/h2-4,16H,6H2,1H3/t11-/m1/s1. The number of nitriles is 1. The van der Waals surface area contributed by atoms with E-state index >= 15 is 0 Å². The van der Waals surface area contributed by atoms with Crippen molar-refractivity contribution in [2.24, 2.45) is 0 Å². The minimum absolute atomic E-state index is 0.0969. The predicted octanol–water partition coefficient (Wildman–Crippen LogP) is 1.59. The van der Waals surface area contributed by atoms with E-state index in [2.05, 4.69) is 0 Å². The van der Waals surface area contributed by atoms with Gasteiger partial charge in [-0.1, -0.05) is 0 Å². The van der Waals surface area contributed by atoms with Crippen LogP contribution >= 0.6 is 11.6 Å². The van der Waals surface area contributed by atoms with Crippen LogP contribution in [0.1, 0.15) is 12.5 Å². The van der Waals surface area contributed by atoms with Crippen molar-refractivity contribution >= 4 is 16.8 Å². The molecule has 0 saturated heterocycles. The molecule has 0 aliphatic rings. The third-order valence-electron chi connectivity index (χ3n) is 2.00. The molecule has 4 nitrogen and oxygen atoms in total. The van der Waals surface area contributed by atoms with Crippen LogP contribution in [0.2, 0.25) is 0 Å². The summed E-state index contributed by atoms with van der Waals surface area (Å²) in [5.41, 5.74) is -1.95. The molecule has 0 radical (unpaired) electrons. The molecule has 0 aromatic heterocycles. The lowest BCUT2D eigenvalue weighted by Crippen LogP contribution is -2.38. The Labute approximate surface area is 102 Å². The van der Waals surface area contributed by atoms with Gasteiger partial charge in [0, 0.05) is 6.07 Å². The Kier molecular flexibility index (Phi) is 4.05. The number of carbonyl (C=O) groups is 1. The first-order valence-electron chi connectivity index (χ1n) is 4.61. The fourth-order valence-electron chi connectivity index (χ4n) is 0.957. The van der Waals surface area contributed by atoms with Crippen LogP contribution in [0.5, 0.6) is 5.75 Å². The highest BCUT2D eigenvalue weighted by Gasteiger charge is 2.29. The first kappa shape index (κ1) is 13.4. The molecule has 0 spiro atoms. The maximum atomic E-state index is 13.2. The zero-order valence-corrected chi connectivity index (χ0v) is 9.66. The number of hydrogen-bond donors (Lipinski definition) is 1. The average Bonchev–Trinajstić information content (AvgIpc) is 2.26. The summed E-state index contributed by atoms with van der Waals surface area (Å²) in [6, 6.07) is 5.25. The molecule has 17 heavy (non-hydrogen) atoms. The monoisotopic (exact) mass is 257 g/mol. The van der Waals surface area contributed by atoms with Crippen LogP contribution < -0.4 is 4.74 Å². The number of aliphatic hydroxyl groups is 1. The first-order chi connectivity index (χ1) is 7.86. The van der Waals surface area contributed by atoms with Crippen LogP contribution in [0.3, 0.4) is 0 Å². The van der Waals surface area contributed by atoms with Crippen LogP contribution in [0, 0.1) is 17.1 Å². The largest absolute Gasteiger partial charge is 0.490 e. The molecule has 0 unspecified atom stereocenters. The molecule has 90 valence electrons. The maximum Gasteiger partial charge on any atom is 0.256 e. The molecular formula is C11H9ClFNO3. The van der Waals surface area contributed by atoms with E-state index in [0.29, 0.717) is 0 Å². The van der Waals surface area contributed by atoms with E-state index < -0.39 is 23.3 Å². The summed E-state index contributed by atoms with van der Waals surface area (Å²) in [6.45, 7) is 0.781. The van der Waals surface area contributed by atoms with E-state index in [1.807, 2.05) is 0 Å². The Hall–Kier alpha value is -1.64. The van der Waals surface area contributed by atoms with Crippen molar-refractivity contribution in [2.75, 3.05) is 6.61 Å². The van der Waals surface area contributed by atoms with Gasteiger partial charge in [0.15, 0.2) is 5.60 Å². The smallest absolute Gasteiger partial charge is 0.256 e. The minimum atomic E-state index is -1.84. The Morgan fingerprint density at radius 1 is 1.71 bits per heavy atom. The Morgan fingerprint density at radius 2 is 2.35 bits per heavy atom. The molecular weight excluding hydrogens is 249 g/mol. The van der Waals surface area contributed by atoms with E-state index in [-0.39, 0.29) is 11.3 Å². The summed E-state index contributed by atoms with van der Waals surface area (Å²) in [7, 11) is 0. The molecule has 0 amide bonds. The van der Waals surface area contributed by atoms with E-state index in [4.69, 9.17) is 21.6 Å². The lowest BCUT2D eigenvalue weighted by Gasteiger charge is -2.18. The number of nitrogens with zero attached hydrogens (tertiary/aromatic N) is 1. The van der Waals surface area contributed by atoms with Gasteiger partial charge in [0.2, 0.25) is 0 Å². The zero-order valence-electron chi connectivity index (χ0n) is 8.91. The van der Waals surface area contributed by atoms with Crippen molar-refractivity contribution in [3.05, 3.63) is 29.6 Å². The third kappa shape index (κ3) is 3.41. The first-order valence-corrected chi connectivity index (χ1v) is 4.99. The van der Waals surface area contributed by atoms with Crippen LogP contribution in [0.25, 0.3) is 0 Å². The maximum absolute atomic E-state index is 13.2. The molecule has 0 aliphatic heterocycles. The van der Waals surface area contributed by atoms with Crippen LogP contribution in [0.4, 0.5) is 4.39 Å². The van der Waals surface area contributed by atoms with E-state index in [1.165, 1.54) is 19.1 Å². The molecule has 1 aromatic carbocycles. The van der Waals surface area contributed by atoms with Crippen LogP contribution in [0.15, 0.2) is 18.2 Å². The topological polar surface area (TPSA) is 70.3 Å². The normalized spacial score (nSPS) is 13.6. The molecule has 0 aliphatic carbocycles. The molecule has 1 aromatic rings. The van der Waals surface area contributed by atoms with Gasteiger partial charge in [0.25, 0.3) is 5.24 Å². The van der Waals surface area contributed by atoms with Crippen molar-refractivity contribution < 1.29 is 19.0 Å². The van der Waals surface area contributed by atoms with Gasteiger partial charge in [-0.2, -0.15) is 5.26 Å². The van der Waals surface area contributed by atoms with Crippen molar-refractivity contribution in [3.63, 3.8) is 0 Å². The zero-order chi connectivity index (χ0) is 13.1. The van der Waals surface area contributed by atoms with Gasteiger partial charge in [-0.3, -0.25) is 4.79 Å². The van der Waals surface area contributed by atoms with Gasteiger partial charge in [0.1, 0.15) is 24.2 Å². The summed E-state index contributed by atoms with van der Waals surface area (Å²) in [5.74, 6) is -0.637. The Balaban J connectivity index is 2.75. The molecule has 1 rings (SSSR count). The third-order valence-corrected chi connectivity index (χ3v) is 2.41. The quantitative estimate of drug-likeness (QED) is 0.832. The fraction of sp³-hybridized carbons (Fsp3) is 0.273. The molecule has 0 saturated carbocycles. The molecule has 0 bridgehead atoms. The lowest BCUT2D eigenvalue weighted by atomic mass is 10.1. The molecule has 1 atom stereocenters. The van der Waals surface area contributed by atoms with Crippen molar-refractivity contribution in [1.29, 1.82) is 5.26 Å². The van der Waals surface area contributed by atoms with E-state index in [9.17, 15) is 14.3 Å². The summed E-state index contributed by atoms with van der Waals surface area (Å²) in [4.78, 5) is 10.8. The van der Waals surface area contributed by atoms with Gasteiger partial charge < -0.3 is 9.84 Å². The van der Waals surface area contributed by atoms with Gasteiger partial charge >= 0.3 is 0 Å². The second kappa shape index (κ2) is 5.13. The highest BCUT2D eigenvalue weighted by molar-refractivity contribution is 6.65. The summed E-state index contributed by atoms with van der Waals surface area (Å²) in [5, 5.41) is 17.0. The number of ether oxygens (including phenoxy) is 1. The summed E-state index contributed by atoms with van der Waals surface area (Å²) < 4.78 is 18.2. The number of rotatable bonds is 4. The van der Waals surface area contributed by atoms with Crippen LogP contribution in [-0.2, 0) is 4.79 Å². The van der Waals surface area contributed by atoms with Crippen molar-refractivity contribution in [2.45, 2.75) is 12.5 Å². The second-order valence-electron chi connectivity index (χ2n) is 3.59. The predicted molar refractivity (Wildman–Crippen MR) is 58.1 cm³/mol. The van der Waals surface area contributed by atoms with Gasteiger partial charge in [-0.15, -0.1) is 0 Å². The Bertz CT molecular complexity index is 482. The van der Waals surface area contributed by atoms with Gasteiger partial charge in [0.05, 0.1) is 5.56 Å². The van der Waals surface area contributed by atoms with Crippen LogP contribution in [-0.4, -0.2) is 22.6 Å². The number of carbonyl (C=O) groups excluding carboxylic acids is 1. The highest BCUT2D eigenvalue weighted by atomic mass is 35.5. The fourth-order valence-corrected chi connectivity index (χ4v) is 1.01. The van der Waals surface area contributed by atoms with E-state index in [1.54, 1.807) is 6.07 Å². The molecule has 0 heterocycles. The molecule has 0 fully saturated rings. The highest BCUT2D eigenvalue weighted by Crippen LogP contribution is 2.18. The van der Waals surface area contributed by atoms with Gasteiger partial charge in [-0.25, -0.2) is 4.39 Å². The summed E-state index contributed by atoms with van der Waals surface area (Å²) >= 11 is 5.13. The van der Waals surface area contributed by atoms with E-state index in [0.717, 1.165) is 6.07 Å². The SMILES string of the molecule is C[C@@](O)(COc1ccc(C#N)c(F)c1)C(=O)Cl. The van der Waals surface area contributed by atoms with Crippen molar-refractivity contribution in [1.82, 2.24) is 0 Å². The molecule has 6 heteroatoms. The Morgan fingerprint density at radius 3 is 2.82 bits per heavy atom. The second-order valence-corrected chi connectivity index (χ2v) is 3.93. The minimum Gasteiger partial charge on any atom is -0.490 e. The number of hydrogen-bond acceptors (Lipinski definition) is 4. The average molecular weight is 258 g/mol. The summed E-state index contributed by atoms with van der Waals surface area (Å²) in [6.07, 6.45) is 0. The lowest BCUT2D eigenvalue weighted by molar-refractivity contribution is -0.129. The number of benzene rings is 1. The van der Waals surface area contributed by atoms with Crippen molar-refractivity contribution in [3.8, 4) is 11.8 Å². The number of halogens is 2.